The van der Waals surface area contributed by atoms with Crippen molar-refractivity contribution < 1.29 is 23.8 Å². The quantitative estimate of drug-likeness (QED) is 0.838. The van der Waals surface area contributed by atoms with Crippen molar-refractivity contribution in [1.82, 2.24) is 0 Å². The van der Waals surface area contributed by atoms with E-state index in [1.54, 1.807) is 0 Å². The lowest BCUT2D eigenvalue weighted by Crippen LogP contribution is -2.23. The van der Waals surface area contributed by atoms with Crippen molar-refractivity contribution >= 4 is 5.97 Å². The summed E-state index contributed by atoms with van der Waals surface area (Å²) in [6.07, 6.45) is -0.402. The number of rotatable bonds is 3. The van der Waals surface area contributed by atoms with Gasteiger partial charge in [0.1, 0.15) is 5.82 Å². The highest BCUT2D eigenvalue weighted by molar-refractivity contribution is 5.69. The highest BCUT2D eigenvalue weighted by atomic mass is 19.1. The van der Waals surface area contributed by atoms with Gasteiger partial charge >= 0.3 is 5.97 Å². The van der Waals surface area contributed by atoms with Gasteiger partial charge in [-0.05, 0) is 12.1 Å². The molecule has 0 bridgehead atoms. The summed E-state index contributed by atoms with van der Waals surface area (Å²) in [4.78, 5) is 10.6. The molecule has 0 aliphatic heterocycles. The first-order valence-corrected chi connectivity index (χ1v) is 4.65. The number of halogens is 2. The van der Waals surface area contributed by atoms with Crippen LogP contribution in [0.2, 0.25) is 0 Å². The van der Waals surface area contributed by atoms with Crippen LogP contribution in [0, 0.1) is 11.6 Å². The summed E-state index contributed by atoms with van der Waals surface area (Å²) in [5.41, 5.74) is -1.49. The number of carbonyl (C=O) groups is 1. The van der Waals surface area contributed by atoms with Crippen LogP contribution in [0.4, 0.5) is 8.78 Å². The lowest BCUT2D eigenvalue weighted by Gasteiger charge is -2.24. The Kier molecular flexibility index (Phi) is 3.16. The Morgan fingerprint density at radius 1 is 1.31 bits per heavy atom. The number of carboxylic acid groups (broad SMARTS) is 1. The Morgan fingerprint density at radius 3 is 2.31 bits per heavy atom. The summed E-state index contributed by atoms with van der Waals surface area (Å²) in [5.74, 6) is -3.75. The summed E-state index contributed by atoms with van der Waals surface area (Å²) in [6.45, 7) is 2.86. The Labute approximate surface area is 91.3 Å². The fourth-order valence-corrected chi connectivity index (χ4v) is 1.65. The summed E-state index contributed by atoms with van der Waals surface area (Å²) in [6, 6.07) is 1.67. The van der Waals surface area contributed by atoms with Crippen LogP contribution in [0.3, 0.4) is 0 Å². The second-order valence-electron chi connectivity index (χ2n) is 4.21. The molecule has 0 saturated heterocycles. The standard InChI is InChI=1S/C11H12F2O3/c1-11(2,5-8(14)15)9-6(12)3-4-7(13)10(9)16/h3-4,16H,5H2,1-2H3,(H,14,15). The van der Waals surface area contributed by atoms with Crippen LogP contribution in [0.1, 0.15) is 25.8 Å². The van der Waals surface area contributed by atoms with Crippen LogP contribution < -0.4 is 0 Å². The average Bonchev–Trinajstić information content (AvgIpc) is 2.09. The fraction of sp³-hybridized carbons (Fsp3) is 0.364. The predicted octanol–water partition coefficient (Wildman–Crippen LogP) is 2.42. The van der Waals surface area contributed by atoms with Crippen molar-refractivity contribution in [1.29, 1.82) is 0 Å². The van der Waals surface area contributed by atoms with Gasteiger partial charge in [-0.15, -0.1) is 0 Å². The lowest BCUT2D eigenvalue weighted by atomic mass is 9.80. The molecule has 2 N–H and O–H groups in total. The van der Waals surface area contributed by atoms with Crippen LogP contribution >= 0.6 is 0 Å². The van der Waals surface area contributed by atoms with Crippen molar-refractivity contribution in [3.63, 3.8) is 0 Å². The van der Waals surface area contributed by atoms with Crippen LogP contribution in [0.25, 0.3) is 0 Å². The third-order valence-electron chi connectivity index (χ3n) is 2.35. The van der Waals surface area contributed by atoms with E-state index >= 15 is 0 Å². The minimum Gasteiger partial charge on any atom is -0.505 e. The Morgan fingerprint density at radius 2 is 1.81 bits per heavy atom. The fourth-order valence-electron chi connectivity index (χ4n) is 1.65. The van der Waals surface area contributed by atoms with Crippen LogP contribution in [0.15, 0.2) is 12.1 Å². The monoisotopic (exact) mass is 230 g/mol. The van der Waals surface area contributed by atoms with Crippen LogP contribution in [0.5, 0.6) is 5.75 Å². The highest BCUT2D eigenvalue weighted by Gasteiger charge is 2.31. The number of hydrogen-bond acceptors (Lipinski definition) is 2. The van der Waals surface area contributed by atoms with Gasteiger partial charge in [0.15, 0.2) is 11.6 Å². The minimum absolute atomic E-state index is 0.310. The molecule has 3 nitrogen and oxygen atoms in total. The predicted molar refractivity (Wildman–Crippen MR) is 53.3 cm³/mol. The smallest absolute Gasteiger partial charge is 0.304 e. The summed E-state index contributed by atoms with van der Waals surface area (Å²) < 4.78 is 26.5. The molecule has 0 aliphatic rings. The van der Waals surface area contributed by atoms with Gasteiger partial charge in [-0.1, -0.05) is 13.8 Å². The molecule has 0 amide bonds. The Hall–Kier alpha value is -1.65. The highest BCUT2D eigenvalue weighted by Crippen LogP contribution is 2.37. The van der Waals surface area contributed by atoms with E-state index in [0.29, 0.717) is 0 Å². The summed E-state index contributed by atoms with van der Waals surface area (Å²) in [7, 11) is 0. The summed E-state index contributed by atoms with van der Waals surface area (Å²) >= 11 is 0. The first-order valence-electron chi connectivity index (χ1n) is 4.65. The largest absolute Gasteiger partial charge is 0.505 e. The molecule has 0 spiro atoms. The van der Waals surface area contributed by atoms with Crippen molar-refractivity contribution in [3.05, 3.63) is 29.3 Å². The first-order chi connectivity index (χ1) is 7.25. The number of benzene rings is 1. The van der Waals surface area contributed by atoms with E-state index in [2.05, 4.69) is 0 Å². The second-order valence-corrected chi connectivity index (χ2v) is 4.21. The molecule has 0 heterocycles. The molecule has 16 heavy (non-hydrogen) atoms. The minimum atomic E-state index is -1.18. The van der Waals surface area contributed by atoms with Gasteiger partial charge in [0.2, 0.25) is 0 Å². The van der Waals surface area contributed by atoms with E-state index in [1.807, 2.05) is 0 Å². The van der Waals surface area contributed by atoms with E-state index in [4.69, 9.17) is 5.11 Å². The average molecular weight is 230 g/mol. The maximum Gasteiger partial charge on any atom is 0.304 e. The maximum atomic E-state index is 13.5. The van der Waals surface area contributed by atoms with Crippen molar-refractivity contribution in [2.24, 2.45) is 0 Å². The number of aromatic hydroxyl groups is 1. The van der Waals surface area contributed by atoms with Crippen molar-refractivity contribution in [2.45, 2.75) is 25.7 Å². The van der Waals surface area contributed by atoms with Crippen LogP contribution in [-0.4, -0.2) is 16.2 Å². The number of phenols is 1. The normalized spacial score (nSPS) is 11.5. The molecule has 0 unspecified atom stereocenters. The zero-order valence-corrected chi connectivity index (χ0v) is 8.92. The van der Waals surface area contributed by atoms with E-state index in [9.17, 15) is 18.7 Å². The van der Waals surface area contributed by atoms with Crippen LogP contribution in [-0.2, 0) is 10.2 Å². The maximum absolute atomic E-state index is 13.5. The zero-order valence-electron chi connectivity index (χ0n) is 8.92. The van der Waals surface area contributed by atoms with Gasteiger partial charge in [0, 0.05) is 11.0 Å². The molecule has 0 fully saturated rings. The van der Waals surface area contributed by atoms with Gasteiger partial charge < -0.3 is 10.2 Å². The third kappa shape index (κ3) is 2.29. The van der Waals surface area contributed by atoms with Gasteiger partial charge in [-0.25, -0.2) is 8.78 Å². The lowest BCUT2D eigenvalue weighted by molar-refractivity contribution is -0.138. The zero-order chi connectivity index (χ0) is 12.5. The molecule has 0 aromatic heterocycles. The molecule has 1 rings (SSSR count). The first kappa shape index (κ1) is 12.4. The van der Waals surface area contributed by atoms with Gasteiger partial charge in [-0.2, -0.15) is 0 Å². The summed E-state index contributed by atoms with van der Waals surface area (Å²) in [5, 5.41) is 18.1. The molecule has 1 aromatic rings. The molecular weight excluding hydrogens is 218 g/mol. The number of aliphatic carboxylic acids is 1. The van der Waals surface area contributed by atoms with E-state index < -0.39 is 35.2 Å². The molecule has 0 atom stereocenters. The number of hydrogen-bond donors (Lipinski definition) is 2. The molecule has 0 radical (unpaired) electrons. The molecule has 0 saturated carbocycles. The van der Waals surface area contributed by atoms with Crippen molar-refractivity contribution in [2.75, 3.05) is 0 Å². The number of phenolic OH excluding ortho intramolecular Hbond substituents is 1. The Bertz CT molecular complexity index is 427. The second kappa shape index (κ2) is 4.08. The topological polar surface area (TPSA) is 57.5 Å². The van der Waals surface area contributed by atoms with Gasteiger partial charge in [0.25, 0.3) is 0 Å². The molecule has 0 aliphatic carbocycles. The van der Waals surface area contributed by atoms with E-state index in [1.165, 1.54) is 13.8 Å². The van der Waals surface area contributed by atoms with Crippen molar-refractivity contribution in [3.8, 4) is 5.75 Å². The van der Waals surface area contributed by atoms with E-state index in [0.717, 1.165) is 12.1 Å². The third-order valence-corrected chi connectivity index (χ3v) is 2.35. The molecule has 88 valence electrons. The molecule has 1 aromatic carbocycles. The molecule has 5 heteroatoms. The van der Waals surface area contributed by atoms with Gasteiger partial charge in [-0.3, -0.25) is 4.79 Å². The Balaban J connectivity index is 3.31. The SMILES string of the molecule is CC(C)(CC(=O)O)c1c(F)ccc(F)c1O. The van der Waals surface area contributed by atoms with E-state index in [-0.39, 0.29) is 5.56 Å². The van der Waals surface area contributed by atoms with Gasteiger partial charge in [0.05, 0.1) is 6.42 Å². The number of carboxylic acids is 1. The molecular formula is C11H12F2O3.